The first-order chi connectivity index (χ1) is 11.1. The van der Waals surface area contributed by atoms with Gasteiger partial charge < -0.3 is 19.1 Å². The minimum absolute atomic E-state index is 0.229. The fourth-order valence-corrected chi connectivity index (χ4v) is 2.73. The average molecular weight is 320 g/mol. The summed E-state index contributed by atoms with van der Waals surface area (Å²) in [5.74, 6) is 0.219. The number of nitrogens with zero attached hydrogens (tertiary/aromatic N) is 2. The van der Waals surface area contributed by atoms with Crippen molar-refractivity contribution < 1.29 is 28.6 Å². The second-order valence-electron chi connectivity index (χ2n) is 5.22. The molecule has 8 heteroatoms. The number of rotatable bonds is 4. The first kappa shape index (κ1) is 15.1. The van der Waals surface area contributed by atoms with Crippen LogP contribution < -0.4 is 9.47 Å². The van der Waals surface area contributed by atoms with Gasteiger partial charge in [0.1, 0.15) is 0 Å². The summed E-state index contributed by atoms with van der Waals surface area (Å²) in [4.78, 5) is 38.3. The first-order valence-electron chi connectivity index (χ1n) is 7.06. The van der Waals surface area contributed by atoms with Crippen molar-refractivity contribution in [1.29, 1.82) is 0 Å². The standard InChI is InChI=1S/C15H16N2O6/c1-21-11-5-3-4-10(13(11)22-2)14(19)16-6-9(7-16)17-12(18)8-23-15(17)20/h3-5,9H,6-8H2,1-2H3. The number of hydrogen-bond donors (Lipinski definition) is 0. The lowest BCUT2D eigenvalue weighted by Crippen LogP contribution is -2.62. The van der Waals surface area contributed by atoms with Gasteiger partial charge in [-0.25, -0.2) is 9.69 Å². The van der Waals surface area contributed by atoms with E-state index in [1.165, 1.54) is 14.2 Å². The van der Waals surface area contributed by atoms with Crippen LogP contribution in [0.4, 0.5) is 4.79 Å². The number of ether oxygens (including phenoxy) is 3. The molecular formula is C15H16N2O6. The molecule has 0 atom stereocenters. The molecule has 0 unspecified atom stereocenters. The van der Waals surface area contributed by atoms with Crippen molar-refractivity contribution in [3.63, 3.8) is 0 Å². The molecule has 8 nitrogen and oxygen atoms in total. The number of imide groups is 1. The van der Waals surface area contributed by atoms with Crippen LogP contribution in [0.3, 0.4) is 0 Å². The maximum Gasteiger partial charge on any atom is 0.417 e. The molecule has 122 valence electrons. The van der Waals surface area contributed by atoms with E-state index in [0.29, 0.717) is 17.1 Å². The Hall–Kier alpha value is -2.77. The summed E-state index contributed by atoms with van der Waals surface area (Å²) in [5.41, 5.74) is 0.376. The number of carbonyl (C=O) groups is 3. The van der Waals surface area contributed by atoms with E-state index in [1.807, 2.05) is 0 Å². The van der Waals surface area contributed by atoms with Crippen molar-refractivity contribution in [3.8, 4) is 11.5 Å². The number of methoxy groups -OCH3 is 2. The highest BCUT2D eigenvalue weighted by Gasteiger charge is 2.44. The lowest BCUT2D eigenvalue weighted by Gasteiger charge is -2.42. The van der Waals surface area contributed by atoms with Crippen LogP contribution >= 0.6 is 0 Å². The van der Waals surface area contributed by atoms with E-state index in [9.17, 15) is 14.4 Å². The van der Waals surface area contributed by atoms with Gasteiger partial charge in [-0.2, -0.15) is 0 Å². The van der Waals surface area contributed by atoms with Crippen LogP contribution in [0.15, 0.2) is 18.2 Å². The molecule has 3 rings (SSSR count). The number of carbonyl (C=O) groups excluding carboxylic acids is 3. The fourth-order valence-electron chi connectivity index (χ4n) is 2.73. The predicted octanol–water partition coefficient (Wildman–Crippen LogP) is 0.507. The van der Waals surface area contributed by atoms with Gasteiger partial charge in [-0.3, -0.25) is 9.59 Å². The molecule has 0 spiro atoms. The van der Waals surface area contributed by atoms with Gasteiger partial charge in [0, 0.05) is 13.1 Å². The number of amides is 3. The Morgan fingerprint density at radius 2 is 1.96 bits per heavy atom. The van der Waals surface area contributed by atoms with E-state index in [-0.39, 0.29) is 37.6 Å². The number of likely N-dealkylation sites (tertiary alicyclic amines) is 1. The summed E-state index contributed by atoms with van der Waals surface area (Å²) in [5, 5.41) is 0. The zero-order chi connectivity index (χ0) is 16.6. The Bertz CT molecular complexity index is 652. The number of hydrogen-bond acceptors (Lipinski definition) is 6. The Morgan fingerprint density at radius 3 is 2.52 bits per heavy atom. The molecule has 2 heterocycles. The molecule has 1 aromatic rings. The first-order valence-corrected chi connectivity index (χ1v) is 7.06. The Labute approximate surface area is 132 Å². The lowest BCUT2D eigenvalue weighted by molar-refractivity contribution is -0.129. The van der Waals surface area contributed by atoms with E-state index in [4.69, 9.17) is 9.47 Å². The Morgan fingerprint density at radius 1 is 1.22 bits per heavy atom. The highest BCUT2D eigenvalue weighted by atomic mass is 16.6. The summed E-state index contributed by atoms with van der Waals surface area (Å²) < 4.78 is 15.1. The Kier molecular flexibility index (Phi) is 3.81. The van der Waals surface area contributed by atoms with Crippen LogP contribution in [0.2, 0.25) is 0 Å². The molecule has 2 aliphatic rings. The number of para-hydroxylation sites is 1. The van der Waals surface area contributed by atoms with Crippen molar-refractivity contribution >= 4 is 17.9 Å². The normalized spacial score (nSPS) is 17.8. The van der Waals surface area contributed by atoms with Crippen LogP contribution in [0, 0.1) is 0 Å². The molecule has 0 N–H and O–H groups in total. The molecule has 2 saturated heterocycles. The molecule has 23 heavy (non-hydrogen) atoms. The quantitative estimate of drug-likeness (QED) is 0.803. The molecule has 3 amide bonds. The largest absolute Gasteiger partial charge is 0.493 e. The van der Waals surface area contributed by atoms with Crippen LogP contribution in [-0.4, -0.2) is 67.7 Å². The van der Waals surface area contributed by atoms with Crippen molar-refractivity contribution in [2.24, 2.45) is 0 Å². The third-order valence-corrected chi connectivity index (χ3v) is 3.93. The van der Waals surface area contributed by atoms with Crippen LogP contribution in [-0.2, 0) is 9.53 Å². The van der Waals surface area contributed by atoms with E-state index < -0.39 is 6.09 Å². The summed E-state index contributed by atoms with van der Waals surface area (Å²) in [6.07, 6.45) is -0.647. The molecule has 0 saturated carbocycles. The van der Waals surface area contributed by atoms with Crippen LogP contribution in [0.25, 0.3) is 0 Å². The minimum atomic E-state index is -0.647. The van der Waals surface area contributed by atoms with Gasteiger partial charge in [0.05, 0.1) is 25.8 Å². The van der Waals surface area contributed by atoms with Gasteiger partial charge in [-0.05, 0) is 12.1 Å². The minimum Gasteiger partial charge on any atom is -0.493 e. The van der Waals surface area contributed by atoms with E-state index >= 15 is 0 Å². The molecule has 0 bridgehead atoms. The van der Waals surface area contributed by atoms with Gasteiger partial charge >= 0.3 is 6.09 Å². The SMILES string of the molecule is COc1cccc(C(=O)N2CC(N3C(=O)COC3=O)C2)c1OC. The molecule has 0 aromatic heterocycles. The second-order valence-corrected chi connectivity index (χ2v) is 5.22. The Balaban J connectivity index is 1.72. The summed E-state index contributed by atoms with van der Waals surface area (Å²) >= 11 is 0. The highest BCUT2D eigenvalue weighted by Crippen LogP contribution is 2.32. The van der Waals surface area contributed by atoms with E-state index in [2.05, 4.69) is 4.74 Å². The van der Waals surface area contributed by atoms with Gasteiger partial charge in [-0.15, -0.1) is 0 Å². The number of benzene rings is 1. The van der Waals surface area contributed by atoms with Gasteiger partial charge in [-0.1, -0.05) is 6.07 Å². The number of cyclic esters (lactones) is 1. The maximum absolute atomic E-state index is 12.6. The fraction of sp³-hybridized carbons (Fsp3) is 0.400. The van der Waals surface area contributed by atoms with Crippen molar-refractivity contribution in [2.45, 2.75) is 6.04 Å². The average Bonchev–Trinajstić information content (AvgIpc) is 2.84. The van der Waals surface area contributed by atoms with Gasteiger partial charge in [0.2, 0.25) is 0 Å². The molecule has 1 aromatic carbocycles. The molecule has 0 aliphatic carbocycles. The third-order valence-electron chi connectivity index (χ3n) is 3.93. The third kappa shape index (κ3) is 2.45. The summed E-state index contributed by atoms with van der Waals surface area (Å²) in [7, 11) is 2.96. The smallest absolute Gasteiger partial charge is 0.417 e. The van der Waals surface area contributed by atoms with Crippen LogP contribution in [0.5, 0.6) is 11.5 Å². The van der Waals surface area contributed by atoms with Crippen LogP contribution in [0.1, 0.15) is 10.4 Å². The van der Waals surface area contributed by atoms with E-state index in [1.54, 1.807) is 23.1 Å². The monoisotopic (exact) mass is 320 g/mol. The second kappa shape index (κ2) is 5.79. The molecule has 2 aliphatic heterocycles. The maximum atomic E-state index is 12.6. The zero-order valence-corrected chi connectivity index (χ0v) is 12.8. The summed E-state index contributed by atoms with van der Waals surface area (Å²) in [6, 6.07) is 4.71. The molecule has 2 fully saturated rings. The van der Waals surface area contributed by atoms with Gasteiger partial charge in [0.25, 0.3) is 11.8 Å². The van der Waals surface area contributed by atoms with Gasteiger partial charge in [0.15, 0.2) is 18.1 Å². The zero-order valence-electron chi connectivity index (χ0n) is 12.8. The molecular weight excluding hydrogens is 304 g/mol. The topological polar surface area (TPSA) is 85.4 Å². The summed E-state index contributed by atoms with van der Waals surface area (Å²) in [6.45, 7) is 0.326. The van der Waals surface area contributed by atoms with E-state index in [0.717, 1.165) is 4.90 Å². The highest BCUT2D eigenvalue weighted by molar-refractivity contribution is 6.00. The van der Waals surface area contributed by atoms with Crippen molar-refractivity contribution in [3.05, 3.63) is 23.8 Å². The van der Waals surface area contributed by atoms with Crippen molar-refractivity contribution in [2.75, 3.05) is 33.9 Å². The predicted molar refractivity (Wildman–Crippen MR) is 77.4 cm³/mol. The lowest BCUT2D eigenvalue weighted by atomic mass is 10.0. The van der Waals surface area contributed by atoms with Crippen molar-refractivity contribution in [1.82, 2.24) is 9.80 Å². The molecule has 0 radical (unpaired) electrons.